The topological polar surface area (TPSA) is 117 Å². The van der Waals surface area contributed by atoms with Gasteiger partial charge in [0.15, 0.2) is 0 Å². The van der Waals surface area contributed by atoms with Crippen molar-refractivity contribution in [1.82, 2.24) is 4.98 Å². The average Bonchev–Trinajstić information content (AvgIpc) is 3.11. The molecule has 0 radical (unpaired) electrons. The largest absolute Gasteiger partial charge is 0.366 e. The van der Waals surface area contributed by atoms with Crippen LogP contribution in [0.2, 0.25) is 0 Å². The van der Waals surface area contributed by atoms with E-state index in [0.29, 0.717) is 29.5 Å². The van der Waals surface area contributed by atoms with Crippen LogP contribution in [-0.4, -0.2) is 30.8 Å². The summed E-state index contributed by atoms with van der Waals surface area (Å²) in [5, 5.41) is 9.70. The number of benzene rings is 2. The van der Waals surface area contributed by atoms with E-state index in [0.717, 1.165) is 10.9 Å². The number of carbonyl (C=O) groups excluding carboxylic acids is 1. The maximum absolute atomic E-state index is 14.1. The summed E-state index contributed by atoms with van der Waals surface area (Å²) in [4.78, 5) is 15.1. The summed E-state index contributed by atoms with van der Waals surface area (Å²) in [5.41, 5.74) is 8.41. The number of halogens is 1. The zero-order valence-electron chi connectivity index (χ0n) is 15.4. The molecule has 4 rings (SSSR count). The molecule has 1 aliphatic heterocycles. The number of nitrogens with two attached hydrogens (primary N) is 1. The standard InChI is InChI=1S/C21H18FN3O3S/c22-19-9-13(1-2-14(19)10-23)15-7-16-18(12-3-5-29(27,28)6-4-12)11-25-20(16)17(8-15)21(24)26/h1-2,7-9,11-12,25H,3-6H2,(H2,24,26). The van der Waals surface area contributed by atoms with Crippen molar-refractivity contribution in [2.75, 3.05) is 11.5 Å². The fourth-order valence-electron chi connectivity index (χ4n) is 3.94. The van der Waals surface area contributed by atoms with Gasteiger partial charge in [-0.15, -0.1) is 0 Å². The Labute approximate surface area is 167 Å². The van der Waals surface area contributed by atoms with Gasteiger partial charge in [-0.1, -0.05) is 6.07 Å². The minimum atomic E-state index is -3.00. The highest BCUT2D eigenvalue weighted by Gasteiger charge is 2.27. The molecule has 0 aliphatic carbocycles. The number of aromatic nitrogens is 1. The molecule has 3 aromatic rings. The second kappa shape index (κ2) is 7.01. The van der Waals surface area contributed by atoms with Crippen LogP contribution in [0.1, 0.15) is 40.2 Å². The molecule has 8 heteroatoms. The van der Waals surface area contributed by atoms with Gasteiger partial charge in [-0.2, -0.15) is 5.26 Å². The Morgan fingerprint density at radius 1 is 1.17 bits per heavy atom. The quantitative estimate of drug-likeness (QED) is 0.688. The van der Waals surface area contributed by atoms with Crippen LogP contribution in [0.3, 0.4) is 0 Å². The van der Waals surface area contributed by atoms with Crippen molar-refractivity contribution >= 4 is 26.6 Å². The Morgan fingerprint density at radius 3 is 2.52 bits per heavy atom. The first-order valence-electron chi connectivity index (χ1n) is 9.14. The van der Waals surface area contributed by atoms with Crippen molar-refractivity contribution in [1.29, 1.82) is 5.26 Å². The van der Waals surface area contributed by atoms with Crippen molar-refractivity contribution in [3.05, 3.63) is 59.0 Å². The van der Waals surface area contributed by atoms with Crippen LogP contribution >= 0.6 is 0 Å². The normalized spacial score (nSPS) is 16.6. The van der Waals surface area contributed by atoms with Gasteiger partial charge in [0, 0.05) is 11.6 Å². The van der Waals surface area contributed by atoms with Crippen molar-refractivity contribution in [2.45, 2.75) is 18.8 Å². The molecule has 0 bridgehead atoms. The van der Waals surface area contributed by atoms with E-state index in [-0.39, 0.29) is 28.6 Å². The van der Waals surface area contributed by atoms with Gasteiger partial charge in [-0.05, 0) is 59.7 Å². The predicted octanol–water partition coefficient (Wildman–Crippen LogP) is 3.24. The summed E-state index contributed by atoms with van der Waals surface area (Å²) in [5.74, 6) is -0.954. The van der Waals surface area contributed by atoms with Gasteiger partial charge in [-0.25, -0.2) is 12.8 Å². The van der Waals surface area contributed by atoms with E-state index in [1.807, 2.05) is 6.07 Å². The van der Waals surface area contributed by atoms with Crippen LogP contribution in [0.5, 0.6) is 0 Å². The van der Waals surface area contributed by atoms with Crippen LogP contribution in [0.25, 0.3) is 22.0 Å². The lowest BCUT2D eigenvalue weighted by Crippen LogP contribution is -2.22. The number of nitriles is 1. The molecule has 1 amide bonds. The number of carbonyl (C=O) groups is 1. The molecule has 1 fully saturated rings. The number of rotatable bonds is 3. The lowest BCUT2D eigenvalue weighted by molar-refractivity contribution is 0.100. The van der Waals surface area contributed by atoms with Gasteiger partial charge in [-0.3, -0.25) is 4.79 Å². The van der Waals surface area contributed by atoms with Crippen molar-refractivity contribution in [3.63, 3.8) is 0 Å². The SMILES string of the molecule is N#Cc1ccc(-c2cc(C(N)=O)c3[nH]cc(C4CCS(=O)(=O)CC4)c3c2)cc1F. The molecule has 2 heterocycles. The summed E-state index contributed by atoms with van der Waals surface area (Å²) < 4.78 is 37.7. The molecular weight excluding hydrogens is 393 g/mol. The Balaban J connectivity index is 1.86. The van der Waals surface area contributed by atoms with Crippen LogP contribution in [0.15, 0.2) is 36.5 Å². The maximum Gasteiger partial charge on any atom is 0.250 e. The lowest BCUT2D eigenvalue weighted by Gasteiger charge is -2.21. The summed E-state index contributed by atoms with van der Waals surface area (Å²) in [6.45, 7) is 0. The number of nitrogens with zero attached hydrogens (tertiary/aromatic N) is 1. The molecule has 0 spiro atoms. The number of aromatic amines is 1. The molecule has 3 N–H and O–H groups in total. The first-order chi connectivity index (χ1) is 13.8. The Hall–Kier alpha value is -3.18. The molecule has 6 nitrogen and oxygen atoms in total. The maximum atomic E-state index is 14.1. The highest BCUT2D eigenvalue weighted by Crippen LogP contribution is 2.37. The molecule has 1 aliphatic rings. The van der Waals surface area contributed by atoms with Gasteiger partial charge in [0.25, 0.3) is 5.91 Å². The third-order valence-electron chi connectivity index (χ3n) is 5.50. The van der Waals surface area contributed by atoms with Crippen molar-refractivity contribution in [3.8, 4) is 17.2 Å². The highest BCUT2D eigenvalue weighted by atomic mass is 32.2. The van der Waals surface area contributed by atoms with E-state index in [4.69, 9.17) is 11.0 Å². The highest BCUT2D eigenvalue weighted by molar-refractivity contribution is 7.91. The fourth-order valence-corrected chi connectivity index (χ4v) is 5.43. The van der Waals surface area contributed by atoms with Crippen LogP contribution < -0.4 is 5.73 Å². The minimum Gasteiger partial charge on any atom is -0.366 e. The van der Waals surface area contributed by atoms with Crippen molar-refractivity contribution < 1.29 is 17.6 Å². The smallest absolute Gasteiger partial charge is 0.250 e. The molecule has 0 saturated carbocycles. The predicted molar refractivity (Wildman–Crippen MR) is 108 cm³/mol. The molecule has 0 unspecified atom stereocenters. The van der Waals surface area contributed by atoms with E-state index in [9.17, 15) is 17.6 Å². The van der Waals surface area contributed by atoms with E-state index < -0.39 is 21.6 Å². The first kappa shape index (κ1) is 19.2. The number of hydrogen-bond donors (Lipinski definition) is 2. The number of sulfone groups is 1. The van der Waals surface area contributed by atoms with Gasteiger partial charge in [0.2, 0.25) is 0 Å². The number of amides is 1. The minimum absolute atomic E-state index is 0.0425. The monoisotopic (exact) mass is 411 g/mol. The number of fused-ring (bicyclic) bond motifs is 1. The Bertz CT molecular complexity index is 1270. The molecule has 0 atom stereocenters. The summed E-state index contributed by atoms with van der Waals surface area (Å²) in [6, 6.07) is 9.49. The Kier molecular flexibility index (Phi) is 4.63. The van der Waals surface area contributed by atoms with Gasteiger partial charge in [0.1, 0.15) is 21.7 Å². The first-order valence-corrected chi connectivity index (χ1v) is 11.0. The van der Waals surface area contributed by atoms with Gasteiger partial charge in [0.05, 0.1) is 28.1 Å². The van der Waals surface area contributed by atoms with Crippen LogP contribution in [0, 0.1) is 17.1 Å². The lowest BCUT2D eigenvalue weighted by atomic mass is 9.90. The number of H-pyrrole nitrogens is 1. The third kappa shape index (κ3) is 3.49. The van der Waals surface area contributed by atoms with Crippen LogP contribution in [-0.2, 0) is 9.84 Å². The second-order valence-electron chi connectivity index (χ2n) is 7.29. The Morgan fingerprint density at radius 2 is 1.90 bits per heavy atom. The average molecular weight is 411 g/mol. The van der Waals surface area contributed by atoms with Gasteiger partial charge >= 0.3 is 0 Å². The molecule has 1 aromatic heterocycles. The molecule has 29 heavy (non-hydrogen) atoms. The molecular formula is C21H18FN3O3S. The van der Waals surface area contributed by atoms with E-state index in [1.54, 1.807) is 24.4 Å². The van der Waals surface area contributed by atoms with E-state index in [1.165, 1.54) is 12.1 Å². The summed E-state index contributed by atoms with van der Waals surface area (Å²) in [7, 11) is -3.00. The van der Waals surface area contributed by atoms with Crippen molar-refractivity contribution in [2.24, 2.45) is 5.73 Å². The number of nitrogens with one attached hydrogen (secondary N) is 1. The summed E-state index contributed by atoms with van der Waals surface area (Å²) in [6.07, 6.45) is 2.82. The van der Waals surface area contributed by atoms with Crippen LogP contribution in [0.4, 0.5) is 4.39 Å². The summed E-state index contributed by atoms with van der Waals surface area (Å²) >= 11 is 0. The zero-order valence-corrected chi connectivity index (χ0v) is 16.2. The van der Waals surface area contributed by atoms with E-state index in [2.05, 4.69) is 4.98 Å². The fraction of sp³-hybridized carbons (Fsp3) is 0.238. The molecule has 1 saturated heterocycles. The molecule has 2 aromatic carbocycles. The zero-order chi connectivity index (χ0) is 20.8. The number of hydrogen-bond acceptors (Lipinski definition) is 4. The second-order valence-corrected chi connectivity index (χ2v) is 9.59. The number of primary amides is 1. The third-order valence-corrected chi connectivity index (χ3v) is 7.22. The van der Waals surface area contributed by atoms with E-state index >= 15 is 0 Å². The van der Waals surface area contributed by atoms with Gasteiger partial charge < -0.3 is 10.7 Å². The molecule has 148 valence electrons.